The van der Waals surface area contributed by atoms with Crippen molar-refractivity contribution in [1.82, 2.24) is 5.43 Å². The van der Waals surface area contributed by atoms with Crippen molar-refractivity contribution in [3.05, 3.63) is 101 Å². The zero-order chi connectivity index (χ0) is 19.1. The number of benzene rings is 3. The van der Waals surface area contributed by atoms with Gasteiger partial charge < -0.3 is 4.74 Å². The Balaban J connectivity index is 1.65. The smallest absolute Gasteiger partial charge is 0.271 e. The Morgan fingerprint density at radius 3 is 2.52 bits per heavy atom. The lowest BCUT2D eigenvalue weighted by molar-refractivity contribution is 0.0954. The fourth-order valence-electron chi connectivity index (χ4n) is 2.51. The highest BCUT2D eigenvalue weighted by Crippen LogP contribution is 2.18. The number of nitrogens with one attached hydrogen (secondary N) is 1. The van der Waals surface area contributed by atoms with Crippen LogP contribution < -0.4 is 10.2 Å². The fourth-order valence-corrected chi connectivity index (χ4v) is 2.51. The molecule has 0 atom stereocenters. The molecule has 0 saturated heterocycles. The number of para-hydroxylation sites is 1. The van der Waals surface area contributed by atoms with Crippen LogP contribution in [-0.2, 0) is 6.61 Å². The van der Waals surface area contributed by atoms with E-state index in [1.807, 2.05) is 49.4 Å². The molecule has 5 heteroatoms. The van der Waals surface area contributed by atoms with Crippen LogP contribution in [0.15, 0.2) is 77.9 Å². The lowest BCUT2D eigenvalue weighted by atomic mass is 10.1. The Morgan fingerprint density at radius 1 is 1.04 bits per heavy atom. The van der Waals surface area contributed by atoms with Crippen LogP contribution in [0.5, 0.6) is 5.75 Å². The zero-order valence-corrected chi connectivity index (χ0v) is 14.9. The van der Waals surface area contributed by atoms with Gasteiger partial charge in [0.05, 0.1) is 6.21 Å². The van der Waals surface area contributed by atoms with Gasteiger partial charge in [-0.15, -0.1) is 0 Å². The summed E-state index contributed by atoms with van der Waals surface area (Å²) >= 11 is 0. The first kappa shape index (κ1) is 18.3. The molecule has 1 N–H and O–H groups in total. The number of hydrogen-bond acceptors (Lipinski definition) is 3. The maximum absolute atomic E-state index is 13.0. The van der Waals surface area contributed by atoms with Gasteiger partial charge in [0, 0.05) is 11.1 Å². The van der Waals surface area contributed by atoms with E-state index in [0.717, 1.165) is 16.7 Å². The van der Waals surface area contributed by atoms with E-state index in [4.69, 9.17) is 4.74 Å². The molecule has 0 unspecified atom stereocenters. The van der Waals surface area contributed by atoms with Gasteiger partial charge in [-0.3, -0.25) is 4.79 Å². The molecule has 0 saturated carbocycles. The molecule has 0 aromatic heterocycles. The van der Waals surface area contributed by atoms with Crippen molar-refractivity contribution in [2.75, 3.05) is 0 Å². The summed E-state index contributed by atoms with van der Waals surface area (Å²) in [5, 5.41) is 4.03. The third-order valence-electron chi connectivity index (χ3n) is 3.99. The predicted octanol–water partition coefficient (Wildman–Crippen LogP) is 4.48. The largest absolute Gasteiger partial charge is 0.488 e. The van der Waals surface area contributed by atoms with Crippen LogP contribution in [0.1, 0.15) is 27.0 Å². The topological polar surface area (TPSA) is 50.7 Å². The molecule has 136 valence electrons. The number of amides is 1. The average molecular weight is 362 g/mol. The first-order valence-electron chi connectivity index (χ1n) is 8.49. The molecule has 0 aliphatic heterocycles. The van der Waals surface area contributed by atoms with Gasteiger partial charge in [0.2, 0.25) is 0 Å². The van der Waals surface area contributed by atoms with Gasteiger partial charge in [0.25, 0.3) is 5.91 Å². The van der Waals surface area contributed by atoms with Crippen LogP contribution in [0.25, 0.3) is 0 Å². The molecule has 0 heterocycles. The van der Waals surface area contributed by atoms with Crippen LogP contribution in [0.2, 0.25) is 0 Å². The monoisotopic (exact) mass is 362 g/mol. The lowest BCUT2D eigenvalue weighted by Crippen LogP contribution is -2.18. The highest BCUT2D eigenvalue weighted by molar-refractivity contribution is 5.96. The molecule has 0 fully saturated rings. The van der Waals surface area contributed by atoms with Crippen LogP contribution in [0.3, 0.4) is 0 Å². The zero-order valence-electron chi connectivity index (χ0n) is 14.9. The van der Waals surface area contributed by atoms with Crippen molar-refractivity contribution in [3.8, 4) is 5.75 Å². The van der Waals surface area contributed by atoms with E-state index in [0.29, 0.717) is 17.9 Å². The molecule has 4 nitrogen and oxygen atoms in total. The van der Waals surface area contributed by atoms with Crippen molar-refractivity contribution in [2.24, 2.45) is 5.10 Å². The molecular formula is C22H19FN2O2. The maximum atomic E-state index is 13.0. The third-order valence-corrected chi connectivity index (χ3v) is 3.99. The Morgan fingerprint density at radius 2 is 1.74 bits per heavy atom. The number of hydrazone groups is 1. The van der Waals surface area contributed by atoms with E-state index in [2.05, 4.69) is 10.5 Å². The molecule has 0 bridgehead atoms. The minimum Gasteiger partial charge on any atom is -0.488 e. The summed E-state index contributed by atoms with van der Waals surface area (Å²) in [5.41, 5.74) is 5.57. The molecule has 27 heavy (non-hydrogen) atoms. The summed E-state index contributed by atoms with van der Waals surface area (Å²) in [7, 11) is 0. The molecule has 3 aromatic carbocycles. The number of hydrogen-bond donors (Lipinski definition) is 1. The molecule has 3 rings (SSSR count). The lowest BCUT2D eigenvalue weighted by Gasteiger charge is -2.09. The number of rotatable bonds is 6. The van der Waals surface area contributed by atoms with Crippen LogP contribution >= 0.6 is 0 Å². The van der Waals surface area contributed by atoms with Crippen LogP contribution in [-0.4, -0.2) is 12.1 Å². The number of halogens is 1. The molecule has 3 aromatic rings. The Labute approximate surface area is 157 Å². The van der Waals surface area contributed by atoms with Crippen molar-refractivity contribution < 1.29 is 13.9 Å². The highest BCUT2D eigenvalue weighted by Gasteiger charge is 2.07. The predicted molar refractivity (Wildman–Crippen MR) is 103 cm³/mol. The van der Waals surface area contributed by atoms with E-state index in [9.17, 15) is 9.18 Å². The molecule has 0 aliphatic carbocycles. The van der Waals surface area contributed by atoms with E-state index >= 15 is 0 Å². The Bertz CT molecular complexity index is 953. The SMILES string of the molecule is Cc1ccccc1C(=O)N/N=C/c1ccccc1OCc1ccc(F)cc1. The van der Waals surface area contributed by atoms with Crippen molar-refractivity contribution in [1.29, 1.82) is 0 Å². The highest BCUT2D eigenvalue weighted by atomic mass is 19.1. The Hall–Kier alpha value is -3.47. The van der Waals surface area contributed by atoms with Gasteiger partial charge in [-0.2, -0.15) is 5.10 Å². The number of ether oxygens (including phenoxy) is 1. The van der Waals surface area contributed by atoms with E-state index < -0.39 is 0 Å². The Kier molecular flexibility index (Phi) is 5.94. The third kappa shape index (κ3) is 5.01. The van der Waals surface area contributed by atoms with Crippen LogP contribution in [0, 0.1) is 12.7 Å². The van der Waals surface area contributed by atoms with Gasteiger partial charge in [0.1, 0.15) is 18.2 Å². The normalized spacial score (nSPS) is 10.7. The quantitative estimate of drug-likeness (QED) is 0.519. The summed E-state index contributed by atoms with van der Waals surface area (Å²) in [4.78, 5) is 12.2. The molecule has 0 radical (unpaired) electrons. The van der Waals surface area contributed by atoms with E-state index in [1.165, 1.54) is 18.3 Å². The summed E-state index contributed by atoms with van der Waals surface area (Å²) in [6.07, 6.45) is 1.54. The summed E-state index contributed by atoms with van der Waals surface area (Å²) in [6, 6.07) is 20.8. The second-order valence-corrected chi connectivity index (χ2v) is 5.97. The minimum atomic E-state index is -0.282. The van der Waals surface area contributed by atoms with Crippen LogP contribution in [0.4, 0.5) is 4.39 Å². The van der Waals surface area contributed by atoms with Crippen molar-refractivity contribution >= 4 is 12.1 Å². The minimum absolute atomic E-state index is 0.269. The second kappa shape index (κ2) is 8.76. The standard InChI is InChI=1S/C22H19FN2O2/c1-16-6-2-4-8-20(16)22(26)25-24-14-18-7-3-5-9-21(18)27-15-17-10-12-19(23)13-11-17/h2-14H,15H2,1H3,(H,25,26)/b24-14+. The van der Waals surface area contributed by atoms with E-state index in [1.54, 1.807) is 18.2 Å². The number of nitrogens with zero attached hydrogens (tertiary/aromatic N) is 1. The number of aryl methyl sites for hydroxylation is 1. The summed E-state index contributed by atoms with van der Waals surface area (Å²) < 4.78 is 18.8. The number of carbonyl (C=O) groups is 1. The van der Waals surface area contributed by atoms with Gasteiger partial charge in [0.15, 0.2) is 0 Å². The number of carbonyl (C=O) groups excluding carboxylic acids is 1. The molecule has 0 spiro atoms. The summed E-state index contributed by atoms with van der Waals surface area (Å²) in [5.74, 6) is 0.0699. The maximum Gasteiger partial charge on any atom is 0.271 e. The van der Waals surface area contributed by atoms with E-state index in [-0.39, 0.29) is 11.7 Å². The van der Waals surface area contributed by atoms with Crippen molar-refractivity contribution in [2.45, 2.75) is 13.5 Å². The average Bonchev–Trinajstić information content (AvgIpc) is 2.68. The second-order valence-electron chi connectivity index (χ2n) is 5.97. The van der Waals surface area contributed by atoms with Gasteiger partial charge in [-0.05, 0) is 48.4 Å². The van der Waals surface area contributed by atoms with Gasteiger partial charge in [-0.1, -0.05) is 42.5 Å². The van der Waals surface area contributed by atoms with Crippen molar-refractivity contribution in [3.63, 3.8) is 0 Å². The fraction of sp³-hybridized carbons (Fsp3) is 0.0909. The first-order chi connectivity index (χ1) is 13.1. The van der Waals surface area contributed by atoms with Gasteiger partial charge >= 0.3 is 0 Å². The van der Waals surface area contributed by atoms with Gasteiger partial charge in [-0.25, -0.2) is 9.82 Å². The molecular weight excluding hydrogens is 343 g/mol. The molecule has 0 aliphatic rings. The molecule has 1 amide bonds. The first-order valence-corrected chi connectivity index (χ1v) is 8.49. The summed E-state index contributed by atoms with van der Waals surface area (Å²) in [6.45, 7) is 2.18.